The third-order valence-corrected chi connectivity index (χ3v) is 7.64. The lowest BCUT2D eigenvalue weighted by atomic mass is 10.2. The molecule has 2 aliphatic heterocycles. The van der Waals surface area contributed by atoms with Gasteiger partial charge in [-0.15, -0.1) is 10.2 Å². The molecule has 3 heterocycles. The van der Waals surface area contributed by atoms with Crippen LogP contribution in [0.3, 0.4) is 0 Å². The third kappa shape index (κ3) is 4.75. The zero-order valence-corrected chi connectivity index (χ0v) is 17.5. The van der Waals surface area contributed by atoms with Crippen molar-refractivity contribution in [3.8, 4) is 0 Å². The number of hydrogen-bond donors (Lipinski definition) is 0. The molecule has 0 aromatic carbocycles. The van der Waals surface area contributed by atoms with E-state index in [9.17, 15) is 13.2 Å². The number of amides is 1. The molecule has 9 nitrogen and oxygen atoms in total. The molecule has 0 spiro atoms. The number of hydrogen-bond acceptors (Lipinski definition) is 8. The lowest BCUT2D eigenvalue weighted by Crippen LogP contribution is -2.42. The van der Waals surface area contributed by atoms with Gasteiger partial charge in [-0.3, -0.25) is 9.36 Å². The molecule has 27 heavy (non-hydrogen) atoms. The van der Waals surface area contributed by atoms with Crippen molar-refractivity contribution in [2.24, 2.45) is 0 Å². The van der Waals surface area contributed by atoms with Crippen LogP contribution in [-0.2, 0) is 25.9 Å². The minimum Gasteiger partial charge on any atom is -0.378 e. The maximum absolute atomic E-state index is 12.7. The number of ether oxygens (including phenoxy) is 1. The molecule has 0 aliphatic carbocycles. The molecule has 2 fully saturated rings. The second kappa shape index (κ2) is 8.78. The van der Waals surface area contributed by atoms with Crippen molar-refractivity contribution in [1.29, 1.82) is 0 Å². The number of sulfone groups is 1. The molecule has 0 unspecified atom stereocenters. The Morgan fingerprint density at radius 1 is 1.30 bits per heavy atom. The third-order valence-electron chi connectivity index (χ3n) is 4.94. The van der Waals surface area contributed by atoms with Gasteiger partial charge in [-0.2, -0.15) is 0 Å². The van der Waals surface area contributed by atoms with Crippen LogP contribution in [0, 0.1) is 0 Å². The summed E-state index contributed by atoms with van der Waals surface area (Å²) in [6.07, 6.45) is 0.527. The summed E-state index contributed by atoms with van der Waals surface area (Å²) in [6, 6.07) is -0.207. The number of carbonyl (C=O) groups excluding carboxylic acids is 1. The van der Waals surface area contributed by atoms with Crippen molar-refractivity contribution in [2.75, 3.05) is 55.0 Å². The summed E-state index contributed by atoms with van der Waals surface area (Å²) in [5, 5.41) is 9.29. The van der Waals surface area contributed by atoms with Crippen LogP contribution >= 0.6 is 11.8 Å². The molecule has 0 bridgehead atoms. The van der Waals surface area contributed by atoms with E-state index in [1.54, 1.807) is 4.90 Å². The predicted octanol–water partition coefficient (Wildman–Crippen LogP) is 0.262. The predicted molar refractivity (Wildman–Crippen MR) is 104 cm³/mol. The van der Waals surface area contributed by atoms with Gasteiger partial charge in [0.1, 0.15) is 0 Å². The van der Waals surface area contributed by atoms with Gasteiger partial charge in [-0.1, -0.05) is 11.8 Å². The molecular formula is C16H27N5O4S2. The van der Waals surface area contributed by atoms with Gasteiger partial charge in [-0.25, -0.2) is 8.42 Å². The highest BCUT2D eigenvalue weighted by atomic mass is 32.2. The molecule has 1 amide bonds. The van der Waals surface area contributed by atoms with Crippen LogP contribution in [0.15, 0.2) is 5.16 Å². The van der Waals surface area contributed by atoms with Crippen molar-refractivity contribution in [1.82, 2.24) is 19.7 Å². The number of nitrogens with zero attached hydrogens (tertiary/aromatic N) is 5. The van der Waals surface area contributed by atoms with E-state index in [1.165, 1.54) is 11.8 Å². The summed E-state index contributed by atoms with van der Waals surface area (Å²) in [5.74, 6) is 1.23. The molecule has 0 saturated carbocycles. The van der Waals surface area contributed by atoms with E-state index in [0.29, 0.717) is 37.9 Å². The lowest BCUT2D eigenvalue weighted by molar-refractivity contribution is -0.129. The minimum absolute atomic E-state index is 0.0526. The van der Waals surface area contributed by atoms with E-state index >= 15 is 0 Å². The van der Waals surface area contributed by atoms with Crippen LogP contribution in [0.25, 0.3) is 0 Å². The zero-order chi connectivity index (χ0) is 19.4. The Labute approximate surface area is 164 Å². The Hall–Kier alpha value is -1.33. The Balaban J connectivity index is 1.63. The molecule has 2 saturated heterocycles. The fourth-order valence-corrected chi connectivity index (χ4v) is 6.14. The number of thioether (sulfide) groups is 1. The highest BCUT2D eigenvalue weighted by Gasteiger charge is 2.34. The van der Waals surface area contributed by atoms with E-state index in [0.717, 1.165) is 19.0 Å². The summed E-state index contributed by atoms with van der Waals surface area (Å²) in [6.45, 7) is 8.05. The first-order valence-corrected chi connectivity index (χ1v) is 12.1. The van der Waals surface area contributed by atoms with E-state index in [-0.39, 0.29) is 29.2 Å². The molecule has 3 rings (SSSR count). The van der Waals surface area contributed by atoms with Crippen LogP contribution in [0.2, 0.25) is 0 Å². The Bertz CT molecular complexity index is 761. The van der Waals surface area contributed by atoms with Crippen LogP contribution in [0.1, 0.15) is 20.3 Å². The number of aromatic nitrogens is 3. The van der Waals surface area contributed by atoms with Gasteiger partial charge in [0.2, 0.25) is 11.9 Å². The summed E-state index contributed by atoms with van der Waals surface area (Å²) in [7, 11) is -3.01. The molecule has 152 valence electrons. The lowest BCUT2D eigenvalue weighted by Gasteiger charge is -2.28. The Kier molecular flexibility index (Phi) is 6.64. The quantitative estimate of drug-likeness (QED) is 0.583. The second-order valence-electron chi connectivity index (χ2n) is 6.65. The summed E-state index contributed by atoms with van der Waals surface area (Å²) >= 11 is 1.36. The highest BCUT2D eigenvalue weighted by Crippen LogP contribution is 2.24. The largest absolute Gasteiger partial charge is 0.378 e. The van der Waals surface area contributed by atoms with Crippen LogP contribution in [0.5, 0.6) is 0 Å². The molecule has 1 aromatic rings. The van der Waals surface area contributed by atoms with Gasteiger partial charge in [0.25, 0.3) is 0 Å². The average molecular weight is 418 g/mol. The molecule has 1 atom stereocenters. The number of morpholine rings is 1. The molecule has 1 aromatic heterocycles. The summed E-state index contributed by atoms with van der Waals surface area (Å²) < 4.78 is 30.8. The highest BCUT2D eigenvalue weighted by molar-refractivity contribution is 7.99. The smallest absolute Gasteiger partial charge is 0.233 e. The second-order valence-corrected chi connectivity index (χ2v) is 9.82. The summed E-state index contributed by atoms with van der Waals surface area (Å²) in [4.78, 5) is 16.5. The van der Waals surface area contributed by atoms with Crippen molar-refractivity contribution >= 4 is 33.5 Å². The van der Waals surface area contributed by atoms with Crippen molar-refractivity contribution in [2.45, 2.75) is 38.0 Å². The monoisotopic (exact) mass is 417 g/mol. The van der Waals surface area contributed by atoms with Gasteiger partial charge in [0.15, 0.2) is 15.0 Å². The average Bonchev–Trinajstić information content (AvgIpc) is 3.24. The molecule has 11 heteroatoms. The van der Waals surface area contributed by atoms with Gasteiger partial charge in [0.05, 0.1) is 30.5 Å². The normalized spacial score (nSPS) is 22.1. The van der Waals surface area contributed by atoms with Crippen LogP contribution < -0.4 is 4.90 Å². The van der Waals surface area contributed by atoms with Crippen molar-refractivity contribution < 1.29 is 17.9 Å². The molecular weight excluding hydrogens is 390 g/mol. The minimum atomic E-state index is -3.01. The topological polar surface area (TPSA) is 97.6 Å². The first-order valence-electron chi connectivity index (χ1n) is 9.33. The Morgan fingerprint density at radius 2 is 2.04 bits per heavy atom. The maximum atomic E-state index is 12.7. The fourth-order valence-electron chi connectivity index (χ4n) is 3.53. The van der Waals surface area contributed by atoms with Gasteiger partial charge in [-0.05, 0) is 20.3 Å². The van der Waals surface area contributed by atoms with Crippen LogP contribution in [-0.4, -0.2) is 90.1 Å². The zero-order valence-electron chi connectivity index (χ0n) is 15.8. The number of carbonyl (C=O) groups is 1. The molecule has 2 aliphatic rings. The standard InChI is InChI=1S/C16H27N5O4S2/c1-3-20(13-5-10-27(23,24)12-13)14(22)11-26-16-18-17-15(21(16)4-2)19-6-8-25-9-7-19/h13H,3-12H2,1-2H3/t13-/m0/s1. The first kappa shape index (κ1) is 20.4. The van der Waals surface area contributed by atoms with Gasteiger partial charge < -0.3 is 14.5 Å². The van der Waals surface area contributed by atoms with Crippen molar-refractivity contribution in [3.05, 3.63) is 0 Å². The molecule has 0 N–H and O–H groups in total. The van der Waals surface area contributed by atoms with E-state index in [2.05, 4.69) is 15.1 Å². The van der Waals surface area contributed by atoms with Crippen molar-refractivity contribution in [3.63, 3.8) is 0 Å². The first-order chi connectivity index (χ1) is 12.9. The van der Waals surface area contributed by atoms with E-state index in [1.807, 2.05) is 18.4 Å². The Morgan fingerprint density at radius 3 is 2.63 bits per heavy atom. The van der Waals surface area contributed by atoms with Crippen LogP contribution in [0.4, 0.5) is 5.95 Å². The SMILES string of the molecule is CCN(C(=O)CSc1nnc(N2CCOCC2)n1CC)[C@H]1CCS(=O)(=O)C1. The fraction of sp³-hybridized carbons (Fsp3) is 0.812. The van der Waals surface area contributed by atoms with E-state index in [4.69, 9.17) is 4.74 Å². The number of rotatable bonds is 7. The summed E-state index contributed by atoms with van der Waals surface area (Å²) in [5.41, 5.74) is 0. The molecule has 0 radical (unpaired) electrons. The number of anilines is 1. The van der Waals surface area contributed by atoms with Gasteiger partial charge in [0, 0.05) is 32.2 Å². The maximum Gasteiger partial charge on any atom is 0.233 e. The van der Waals surface area contributed by atoms with Gasteiger partial charge >= 0.3 is 0 Å². The van der Waals surface area contributed by atoms with E-state index < -0.39 is 9.84 Å².